The van der Waals surface area contributed by atoms with E-state index in [0.29, 0.717) is 25.1 Å². The van der Waals surface area contributed by atoms with Crippen LogP contribution in [0.15, 0.2) is 29.2 Å². The number of piperidine rings is 1. The Morgan fingerprint density at radius 3 is 2.48 bits per heavy atom. The number of benzene rings is 1. The number of ether oxygens (including phenoxy) is 1. The predicted molar refractivity (Wildman–Crippen MR) is 84.2 cm³/mol. The second kappa shape index (κ2) is 7.10. The molecule has 2 rings (SSSR count). The van der Waals surface area contributed by atoms with E-state index in [9.17, 15) is 18.0 Å². The number of nitrogens with zero attached hydrogens (tertiary/aromatic N) is 1. The zero-order chi connectivity index (χ0) is 17.0. The van der Waals surface area contributed by atoms with Gasteiger partial charge < -0.3 is 10.1 Å². The van der Waals surface area contributed by atoms with Gasteiger partial charge in [0.1, 0.15) is 0 Å². The summed E-state index contributed by atoms with van der Waals surface area (Å²) in [7, 11) is -2.37. The van der Waals surface area contributed by atoms with Gasteiger partial charge in [-0.15, -0.1) is 0 Å². The third kappa shape index (κ3) is 4.08. The molecule has 1 fully saturated rings. The van der Waals surface area contributed by atoms with Gasteiger partial charge in [-0.1, -0.05) is 0 Å². The lowest BCUT2D eigenvalue weighted by Gasteiger charge is -2.30. The van der Waals surface area contributed by atoms with Crippen LogP contribution in [0.4, 0.5) is 5.69 Å². The molecule has 7 nitrogen and oxygen atoms in total. The summed E-state index contributed by atoms with van der Waals surface area (Å²) in [6.07, 6.45) is 1.24. The van der Waals surface area contributed by atoms with Crippen molar-refractivity contribution in [1.29, 1.82) is 0 Å². The summed E-state index contributed by atoms with van der Waals surface area (Å²) < 4.78 is 31.3. The molecule has 1 aliphatic heterocycles. The first-order valence-corrected chi connectivity index (χ1v) is 8.74. The number of methoxy groups -OCH3 is 1. The van der Waals surface area contributed by atoms with E-state index in [2.05, 4.69) is 5.32 Å². The van der Waals surface area contributed by atoms with Gasteiger partial charge in [-0.25, -0.2) is 8.42 Å². The molecule has 0 spiro atoms. The first-order chi connectivity index (χ1) is 10.8. The van der Waals surface area contributed by atoms with E-state index in [1.807, 2.05) is 0 Å². The molecule has 1 aromatic carbocycles. The van der Waals surface area contributed by atoms with Crippen LogP contribution in [0.5, 0.6) is 0 Å². The zero-order valence-corrected chi connectivity index (χ0v) is 13.9. The summed E-state index contributed by atoms with van der Waals surface area (Å²) in [5, 5.41) is 2.58. The Bertz CT molecular complexity index is 684. The quantitative estimate of drug-likeness (QED) is 0.832. The van der Waals surface area contributed by atoms with Gasteiger partial charge in [0, 0.05) is 25.7 Å². The molecule has 0 aliphatic carbocycles. The first-order valence-electron chi connectivity index (χ1n) is 7.30. The molecule has 1 amide bonds. The molecule has 0 aromatic heterocycles. The lowest BCUT2D eigenvalue weighted by molar-refractivity contribution is -0.146. The molecule has 1 aliphatic rings. The third-order valence-electron chi connectivity index (χ3n) is 3.73. The highest BCUT2D eigenvalue weighted by Crippen LogP contribution is 2.25. The first kappa shape index (κ1) is 17.4. The fourth-order valence-electron chi connectivity index (χ4n) is 2.58. The van der Waals surface area contributed by atoms with Crippen molar-refractivity contribution in [3.63, 3.8) is 0 Å². The summed E-state index contributed by atoms with van der Waals surface area (Å²) in [5.41, 5.74) is 0.530. The van der Waals surface area contributed by atoms with Crippen LogP contribution in [0, 0.1) is 5.92 Å². The molecule has 1 heterocycles. The minimum absolute atomic E-state index is 0.127. The monoisotopic (exact) mass is 340 g/mol. The van der Waals surface area contributed by atoms with Crippen LogP contribution in [-0.4, -0.2) is 44.8 Å². The van der Waals surface area contributed by atoms with E-state index in [0.717, 1.165) is 0 Å². The SMILES string of the molecule is COC(=O)C1CCCN(S(=O)(=O)c2ccc(NC(C)=O)cc2)C1. The van der Waals surface area contributed by atoms with Gasteiger partial charge in [-0.3, -0.25) is 9.59 Å². The minimum atomic E-state index is -3.67. The molecule has 126 valence electrons. The molecular formula is C15H20N2O5S. The van der Waals surface area contributed by atoms with Gasteiger partial charge in [-0.05, 0) is 37.1 Å². The molecular weight excluding hydrogens is 320 g/mol. The Morgan fingerprint density at radius 1 is 1.26 bits per heavy atom. The number of sulfonamides is 1. The van der Waals surface area contributed by atoms with Crippen molar-refractivity contribution < 1.29 is 22.7 Å². The number of hydrogen-bond acceptors (Lipinski definition) is 5. The number of carbonyl (C=O) groups is 2. The van der Waals surface area contributed by atoms with Gasteiger partial charge in [0.05, 0.1) is 17.9 Å². The number of amides is 1. The normalized spacial score (nSPS) is 19.1. The van der Waals surface area contributed by atoms with Gasteiger partial charge >= 0.3 is 5.97 Å². The topological polar surface area (TPSA) is 92.8 Å². The maximum absolute atomic E-state index is 12.7. The number of esters is 1. The summed E-state index contributed by atoms with van der Waals surface area (Å²) in [4.78, 5) is 22.8. The van der Waals surface area contributed by atoms with Crippen LogP contribution < -0.4 is 5.32 Å². The number of nitrogens with one attached hydrogen (secondary N) is 1. The van der Waals surface area contributed by atoms with E-state index in [1.165, 1.54) is 42.6 Å². The zero-order valence-electron chi connectivity index (χ0n) is 13.1. The molecule has 1 N–H and O–H groups in total. The maximum Gasteiger partial charge on any atom is 0.309 e. The van der Waals surface area contributed by atoms with Gasteiger partial charge in [0.2, 0.25) is 15.9 Å². The van der Waals surface area contributed by atoms with Crippen LogP contribution >= 0.6 is 0 Å². The smallest absolute Gasteiger partial charge is 0.309 e. The lowest BCUT2D eigenvalue weighted by atomic mass is 10.0. The molecule has 1 aromatic rings. The van der Waals surface area contributed by atoms with Crippen molar-refractivity contribution in [3.8, 4) is 0 Å². The summed E-state index contributed by atoms with van der Waals surface area (Å²) in [5.74, 6) is -1.04. The second-order valence-corrected chi connectivity index (χ2v) is 7.37. The Balaban J connectivity index is 2.17. The Morgan fingerprint density at radius 2 is 1.91 bits per heavy atom. The lowest BCUT2D eigenvalue weighted by Crippen LogP contribution is -2.42. The fraction of sp³-hybridized carbons (Fsp3) is 0.467. The predicted octanol–water partition coefficient (Wildman–Crippen LogP) is 1.22. The largest absolute Gasteiger partial charge is 0.469 e. The fourth-order valence-corrected chi connectivity index (χ4v) is 4.11. The number of anilines is 1. The standard InChI is InChI=1S/C15H20N2O5S/c1-11(18)16-13-5-7-14(8-6-13)23(20,21)17-9-3-4-12(10-17)15(19)22-2/h5-8,12H,3-4,9-10H2,1-2H3,(H,16,18). The van der Waals surface area contributed by atoms with E-state index in [-0.39, 0.29) is 23.3 Å². The molecule has 1 unspecified atom stereocenters. The number of carbonyl (C=O) groups excluding carboxylic acids is 2. The van der Waals surface area contributed by atoms with Gasteiger partial charge in [0.15, 0.2) is 0 Å². The minimum Gasteiger partial charge on any atom is -0.469 e. The molecule has 1 atom stereocenters. The average molecular weight is 340 g/mol. The highest BCUT2D eigenvalue weighted by molar-refractivity contribution is 7.89. The van der Waals surface area contributed by atoms with Crippen molar-refractivity contribution in [2.45, 2.75) is 24.7 Å². The second-order valence-electron chi connectivity index (χ2n) is 5.43. The van der Waals surface area contributed by atoms with E-state index < -0.39 is 15.9 Å². The average Bonchev–Trinajstić information content (AvgIpc) is 2.54. The molecule has 0 bridgehead atoms. The molecule has 0 saturated carbocycles. The number of rotatable bonds is 4. The van der Waals surface area contributed by atoms with Crippen LogP contribution in [0.2, 0.25) is 0 Å². The van der Waals surface area contributed by atoms with Crippen molar-refractivity contribution in [3.05, 3.63) is 24.3 Å². The summed E-state index contributed by atoms with van der Waals surface area (Å²) >= 11 is 0. The van der Waals surface area contributed by atoms with Crippen molar-refractivity contribution in [2.75, 3.05) is 25.5 Å². The van der Waals surface area contributed by atoms with E-state index in [1.54, 1.807) is 0 Å². The van der Waals surface area contributed by atoms with Gasteiger partial charge in [-0.2, -0.15) is 4.31 Å². The Hall–Kier alpha value is -1.93. The molecule has 8 heteroatoms. The van der Waals surface area contributed by atoms with Gasteiger partial charge in [0.25, 0.3) is 0 Å². The van der Waals surface area contributed by atoms with Crippen molar-refractivity contribution in [1.82, 2.24) is 4.31 Å². The summed E-state index contributed by atoms with van der Waals surface area (Å²) in [6, 6.07) is 5.97. The molecule has 1 saturated heterocycles. The summed E-state index contributed by atoms with van der Waals surface area (Å²) in [6.45, 7) is 1.89. The van der Waals surface area contributed by atoms with Crippen molar-refractivity contribution >= 4 is 27.6 Å². The van der Waals surface area contributed by atoms with E-state index >= 15 is 0 Å². The highest BCUT2D eigenvalue weighted by atomic mass is 32.2. The van der Waals surface area contributed by atoms with Crippen LogP contribution in [0.1, 0.15) is 19.8 Å². The third-order valence-corrected chi connectivity index (χ3v) is 5.61. The van der Waals surface area contributed by atoms with Crippen LogP contribution in [0.25, 0.3) is 0 Å². The number of hydrogen-bond donors (Lipinski definition) is 1. The molecule has 23 heavy (non-hydrogen) atoms. The van der Waals surface area contributed by atoms with Crippen LogP contribution in [-0.2, 0) is 24.3 Å². The highest BCUT2D eigenvalue weighted by Gasteiger charge is 2.33. The van der Waals surface area contributed by atoms with E-state index in [4.69, 9.17) is 4.74 Å². The Labute approximate surface area is 135 Å². The van der Waals surface area contributed by atoms with Crippen LogP contribution in [0.3, 0.4) is 0 Å². The Kier molecular flexibility index (Phi) is 5.38. The molecule has 0 radical (unpaired) electrons. The maximum atomic E-state index is 12.7. The van der Waals surface area contributed by atoms with Crippen molar-refractivity contribution in [2.24, 2.45) is 5.92 Å².